The van der Waals surface area contributed by atoms with Crippen molar-refractivity contribution in [3.05, 3.63) is 53.6 Å². The number of piperidine rings is 1. The highest BCUT2D eigenvalue weighted by Gasteiger charge is 2.20. The molecule has 0 atom stereocenters. The minimum Gasteiger partial charge on any atom is -0.334 e. The van der Waals surface area contributed by atoms with Crippen molar-refractivity contribution in [3.63, 3.8) is 0 Å². The minimum absolute atomic E-state index is 0.530. The van der Waals surface area contributed by atoms with Crippen LogP contribution < -0.4 is 5.32 Å². The molecule has 6 heteroatoms. The lowest BCUT2D eigenvalue weighted by atomic mass is 9.91. The van der Waals surface area contributed by atoms with Crippen LogP contribution in [0.4, 0.5) is 0 Å². The van der Waals surface area contributed by atoms with Gasteiger partial charge in [-0.15, -0.1) is 0 Å². The van der Waals surface area contributed by atoms with Gasteiger partial charge in [-0.1, -0.05) is 23.4 Å². The summed E-state index contributed by atoms with van der Waals surface area (Å²) in [6.45, 7) is 4.78. The van der Waals surface area contributed by atoms with Crippen LogP contribution >= 0.6 is 0 Å². The maximum absolute atomic E-state index is 5.37. The molecule has 0 aliphatic carbocycles. The van der Waals surface area contributed by atoms with Gasteiger partial charge in [0.1, 0.15) is 6.54 Å². The molecule has 2 aromatic heterocycles. The third-order valence-electron chi connectivity index (χ3n) is 4.56. The molecule has 0 unspecified atom stereocenters. The fourth-order valence-corrected chi connectivity index (χ4v) is 3.31. The summed E-state index contributed by atoms with van der Waals surface area (Å²) in [5.41, 5.74) is 3.39. The maximum Gasteiger partial charge on any atom is 0.257 e. The van der Waals surface area contributed by atoms with Crippen molar-refractivity contribution in [2.75, 3.05) is 13.1 Å². The molecule has 1 N–H and O–H groups in total. The van der Waals surface area contributed by atoms with Gasteiger partial charge in [-0.2, -0.15) is 10.1 Å². The van der Waals surface area contributed by atoms with Gasteiger partial charge in [0.05, 0.1) is 5.69 Å². The van der Waals surface area contributed by atoms with Gasteiger partial charge in [-0.3, -0.25) is 4.68 Å². The lowest BCUT2D eigenvalue weighted by Gasteiger charge is -2.21. The van der Waals surface area contributed by atoms with Crippen molar-refractivity contribution in [1.82, 2.24) is 25.2 Å². The predicted octanol–water partition coefficient (Wildman–Crippen LogP) is 2.76. The smallest absolute Gasteiger partial charge is 0.257 e. The van der Waals surface area contributed by atoms with Gasteiger partial charge in [0.25, 0.3) is 5.89 Å². The molecule has 0 spiro atoms. The molecule has 1 saturated heterocycles. The Morgan fingerprint density at radius 2 is 2.00 bits per heavy atom. The van der Waals surface area contributed by atoms with Gasteiger partial charge in [0, 0.05) is 11.8 Å². The summed E-state index contributed by atoms with van der Waals surface area (Å²) >= 11 is 0. The summed E-state index contributed by atoms with van der Waals surface area (Å²) < 4.78 is 7.29. The summed E-state index contributed by atoms with van der Waals surface area (Å²) in [7, 11) is 0. The van der Waals surface area contributed by atoms with Crippen LogP contribution in [0.15, 0.2) is 41.1 Å². The van der Waals surface area contributed by atoms with Crippen LogP contribution in [-0.4, -0.2) is 33.0 Å². The molecular weight excluding hydrogens is 302 g/mol. The molecule has 1 aliphatic rings. The molecule has 1 aliphatic heterocycles. The lowest BCUT2D eigenvalue weighted by molar-refractivity contribution is 0.418. The fourth-order valence-electron chi connectivity index (χ4n) is 3.31. The van der Waals surface area contributed by atoms with Crippen molar-refractivity contribution in [2.24, 2.45) is 0 Å². The van der Waals surface area contributed by atoms with Crippen LogP contribution in [0.2, 0.25) is 0 Å². The summed E-state index contributed by atoms with van der Waals surface area (Å²) in [5, 5.41) is 12.1. The van der Waals surface area contributed by atoms with E-state index in [0.717, 1.165) is 24.3 Å². The van der Waals surface area contributed by atoms with Crippen LogP contribution in [0.1, 0.15) is 35.8 Å². The standard InChI is InChI=1S/C18H21N5O/c1-13-16(14-7-9-19-10-8-14)11-23(21-13)12-17-20-18(24-22-17)15-5-3-2-4-6-15/h2-6,11,14,19H,7-10,12H2,1H3. The average Bonchev–Trinajstić information content (AvgIpc) is 3.23. The highest BCUT2D eigenvalue weighted by molar-refractivity contribution is 5.51. The van der Waals surface area contributed by atoms with Gasteiger partial charge >= 0.3 is 0 Å². The van der Waals surface area contributed by atoms with Gasteiger partial charge < -0.3 is 9.84 Å². The van der Waals surface area contributed by atoms with E-state index in [1.54, 1.807) is 0 Å². The van der Waals surface area contributed by atoms with Crippen molar-refractivity contribution < 1.29 is 4.52 Å². The number of nitrogens with zero attached hydrogens (tertiary/aromatic N) is 4. The molecule has 24 heavy (non-hydrogen) atoms. The summed E-state index contributed by atoms with van der Waals surface area (Å²) in [6.07, 6.45) is 4.49. The maximum atomic E-state index is 5.37. The highest BCUT2D eigenvalue weighted by Crippen LogP contribution is 2.27. The van der Waals surface area contributed by atoms with Gasteiger partial charge in [0.2, 0.25) is 0 Å². The molecule has 3 heterocycles. The number of hydrogen-bond donors (Lipinski definition) is 1. The third-order valence-corrected chi connectivity index (χ3v) is 4.56. The molecule has 0 radical (unpaired) electrons. The predicted molar refractivity (Wildman–Crippen MR) is 90.6 cm³/mol. The van der Waals surface area contributed by atoms with E-state index in [2.05, 4.69) is 33.7 Å². The molecule has 4 rings (SSSR count). The van der Waals surface area contributed by atoms with Crippen molar-refractivity contribution in [1.29, 1.82) is 0 Å². The quantitative estimate of drug-likeness (QED) is 0.799. The zero-order valence-electron chi connectivity index (χ0n) is 13.8. The molecule has 124 valence electrons. The Balaban J connectivity index is 1.51. The third kappa shape index (κ3) is 3.10. The summed E-state index contributed by atoms with van der Waals surface area (Å²) in [4.78, 5) is 4.48. The SMILES string of the molecule is Cc1nn(Cc2noc(-c3ccccc3)n2)cc1C1CCNCC1. The topological polar surface area (TPSA) is 68.8 Å². The van der Waals surface area contributed by atoms with E-state index in [1.165, 1.54) is 18.4 Å². The van der Waals surface area contributed by atoms with E-state index < -0.39 is 0 Å². The molecular formula is C18H21N5O. The second kappa shape index (κ2) is 6.57. The zero-order chi connectivity index (χ0) is 16.4. The number of aryl methyl sites for hydroxylation is 1. The molecule has 6 nitrogen and oxygen atoms in total. The number of nitrogens with one attached hydrogen (secondary N) is 1. The first-order chi connectivity index (χ1) is 11.8. The molecule has 1 aromatic carbocycles. The van der Waals surface area contributed by atoms with Crippen LogP contribution in [0.3, 0.4) is 0 Å². The Bertz CT molecular complexity index is 802. The van der Waals surface area contributed by atoms with E-state index in [9.17, 15) is 0 Å². The zero-order valence-corrected chi connectivity index (χ0v) is 13.8. The summed E-state index contributed by atoms with van der Waals surface area (Å²) in [5.74, 6) is 1.80. The normalized spacial score (nSPS) is 15.7. The largest absolute Gasteiger partial charge is 0.334 e. The van der Waals surface area contributed by atoms with E-state index >= 15 is 0 Å². The molecule has 3 aromatic rings. The van der Waals surface area contributed by atoms with Crippen LogP contribution in [0.25, 0.3) is 11.5 Å². The van der Waals surface area contributed by atoms with E-state index in [-0.39, 0.29) is 0 Å². The Morgan fingerprint density at radius 1 is 1.21 bits per heavy atom. The van der Waals surface area contributed by atoms with E-state index in [4.69, 9.17) is 4.52 Å². The van der Waals surface area contributed by atoms with Gasteiger partial charge in [-0.05, 0) is 56.5 Å². The van der Waals surface area contributed by atoms with Crippen molar-refractivity contribution >= 4 is 0 Å². The van der Waals surface area contributed by atoms with Crippen LogP contribution in [-0.2, 0) is 6.54 Å². The molecule has 0 amide bonds. The number of benzene rings is 1. The molecule has 0 bridgehead atoms. The van der Waals surface area contributed by atoms with E-state index in [0.29, 0.717) is 24.2 Å². The highest BCUT2D eigenvalue weighted by atomic mass is 16.5. The fraction of sp³-hybridized carbons (Fsp3) is 0.389. The van der Waals surface area contributed by atoms with Gasteiger partial charge in [-0.25, -0.2) is 0 Å². The Morgan fingerprint density at radius 3 is 2.79 bits per heavy atom. The van der Waals surface area contributed by atoms with E-state index in [1.807, 2.05) is 35.0 Å². The Hall–Kier alpha value is -2.47. The van der Waals surface area contributed by atoms with Gasteiger partial charge in [0.15, 0.2) is 5.82 Å². The number of rotatable bonds is 4. The Labute approximate surface area is 140 Å². The molecule has 1 fully saturated rings. The Kier molecular flexibility index (Phi) is 4.13. The second-order valence-corrected chi connectivity index (χ2v) is 6.27. The van der Waals surface area contributed by atoms with Crippen LogP contribution in [0.5, 0.6) is 0 Å². The number of hydrogen-bond acceptors (Lipinski definition) is 5. The van der Waals surface area contributed by atoms with Crippen LogP contribution in [0, 0.1) is 6.92 Å². The first kappa shape index (κ1) is 15.1. The molecule has 0 saturated carbocycles. The first-order valence-electron chi connectivity index (χ1n) is 8.42. The lowest BCUT2D eigenvalue weighted by Crippen LogP contribution is -2.26. The van der Waals surface area contributed by atoms with Crippen molar-refractivity contribution in [2.45, 2.75) is 32.2 Å². The first-order valence-corrected chi connectivity index (χ1v) is 8.42. The minimum atomic E-state index is 0.530. The monoisotopic (exact) mass is 323 g/mol. The average molecular weight is 323 g/mol. The van der Waals surface area contributed by atoms with Crippen molar-refractivity contribution in [3.8, 4) is 11.5 Å². The number of aromatic nitrogens is 4. The summed E-state index contributed by atoms with van der Waals surface area (Å²) in [6, 6.07) is 9.81. The second-order valence-electron chi connectivity index (χ2n) is 6.27.